The first-order valence-corrected chi connectivity index (χ1v) is 6.48. The second-order valence-electron chi connectivity index (χ2n) is 4.84. The van der Waals surface area contributed by atoms with Gasteiger partial charge in [-0.05, 0) is 42.0 Å². The van der Waals surface area contributed by atoms with Gasteiger partial charge in [0.2, 0.25) is 0 Å². The van der Waals surface area contributed by atoms with E-state index in [1.54, 1.807) is 6.20 Å². The SMILES string of the molecule is Cc1cc(-n2nnc3cc4ccccc4cc32)ccn1. The molecule has 4 heteroatoms. The van der Waals surface area contributed by atoms with E-state index in [0.717, 1.165) is 22.4 Å². The molecule has 0 amide bonds. The lowest BCUT2D eigenvalue weighted by Crippen LogP contribution is -1.97. The number of nitrogens with zero attached hydrogens (tertiary/aromatic N) is 4. The normalized spacial score (nSPS) is 11.2. The maximum atomic E-state index is 4.27. The fraction of sp³-hybridized carbons (Fsp3) is 0.0625. The van der Waals surface area contributed by atoms with E-state index in [2.05, 4.69) is 39.6 Å². The first-order valence-electron chi connectivity index (χ1n) is 6.48. The molecule has 0 atom stereocenters. The molecule has 0 saturated heterocycles. The minimum Gasteiger partial charge on any atom is -0.261 e. The van der Waals surface area contributed by atoms with Gasteiger partial charge in [0, 0.05) is 11.9 Å². The lowest BCUT2D eigenvalue weighted by Gasteiger charge is -2.03. The summed E-state index contributed by atoms with van der Waals surface area (Å²) in [5.74, 6) is 0. The van der Waals surface area contributed by atoms with Crippen molar-refractivity contribution in [3.05, 3.63) is 60.4 Å². The van der Waals surface area contributed by atoms with Crippen LogP contribution in [0.25, 0.3) is 27.5 Å². The average Bonchev–Trinajstić information content (AvgIpc) is 2.87. The predicted molar refractivity (Wildman–Crippen MR) is 78.9 cm³/mol. The molecule has 4 aromatic rings. The summed E-state index contributed by atoms with van der Waals surface area (Å²) in [6, 6.07) is 16.4. The van der Waals surface area contributed by atoms with Gasteiger partial charge >= 0.3 is 0 Å². The number of aryl methyl sites for hydroxylation is 1. The molecule has 96 valence electrons. The number of fused-ring (bicyclic) bond motifs is 2. The highest BCUT2D eigenvalue weighted by Gasteiger charge is 2.08. The summed E-state index contributed by atoms with van der Waals surface area (Å²) in [5.41, 5.74) is 3.86. The van der Waals surface area contributed by atoms with Crippen LogP contribution in [-0.2, 0) is 0 Å². The third-order valence-electron chi connectivity index (χ3n) is 3.44. The minimum absolute atomic E-state index is 0.901. The lowest BCUT2D eigenvalue weighted by molar-refractivity contribution is 0.821. The summed E-state index contributed by atoms with van der Waals surface area (Å²) in [4.78, 5) is 4.22. The molecule has 2 aromatic heterocycles. The van der Waals surface area contributed by atoms with Crippen molar-refractivity contribution < 1.29 is 0 Å². The van der Waals surface area contributed by atoms with Gasteiger partial charge in [-0.2, -0.15) is 0 Å². The first kappa shape index (κ1) is 11.1. The minimum atomic E-state index is 0.901. The van der Waals surface area contributed by atoms with E-state index in [0.29, 0.717) is 0 Å². The van der Waals surface area contributed by atoms with E-state index >= 15 is 0 Å². The highest BCUT2D eigenvalue weighted by molar-refractivity contribution is 5.95. The Morgan fingerprint density at radius 2 is 1.75 bits per heavy atom. The zero-order chi connectivity index (χ0) is 13.5. The molecular formula is C16H12N4. The summed E-state index contributed by atoms with van der Waals surface area (Å²) in [5, 5.41) is 10.9. The molecule has 4 rings (SSSR count). The predicted octanol–water partition coefficient (Wildman–Crippen LogP) is 3.28. The molecule has 0 aliphatic rings. The molecule has 0 aliphatic carbocycles. The Kier molecular flexibility index (Phi) is 2.29. The van der Waals surface area contributed by atoms with Crippen LogP contribution in [0.15, 0.2) is 54.7 Å². The van der Waals surface area contributed by atoms with Crippen molar-refractivity contribution in [1.29, 1.82) is 0 Å². The number of aromatic nitrogens is 4. The summed E-state index contributed by atoms with van der Waals surface area (Å²) >= 11 is 0. The fourth-order valence-corrected chi connectivity index (χ4v) is 2.46. The molecule has 0 radical (unpaired) electrons. The molecule has 20 heavy (non-hydrogen) atoms. The van der Waals surface area contributed by atoms with Gasteiger partial charge in [-0.15, -0.1) is 5.10 Å². The highest BCUT2D eigenvalue weighted by atomic mass is 15.4. The van der Waals surface area contributed by atoms with Crippen LogP contribution >= 0.6 is 0 Å². The third kappa shape index (κ3) is 1.66. The Morgan fingerprint density at radius 3 is 2.55 bits per heavy atom. The summed E-state index contributed by atoms with van der Waals surface area (Å²) < 4.78 is 1.86. The quantitative estimate of drug-likeness (QED) is 0.527. The topological polar surface area (TPSA) is 43.6 Å². The molecule has 4 nitrogen and oxygen atoms in total. The van der Waals surface area contributed by atoms with Crippen LogP contribution in [-0.4, -0.2) is 20.0 Å². The van der Waals surface area contributed by atoms with E-state index in [1.165, 1.54) is 10.8 Å². The second kappa shape index (κ2) is 4.13. The largest absolute Gasteiger partial charge is 0.261 e. The molecule has 0 unspecified atom stereocenters. The van der Waals surface area contributed by atoms with Crippen LogP contribution in [0.3, 0.4) is 0 Å². The molecule has 0 spiro atoms. The van der Waals surface area contributed by atoms with Gasteiger partial charge in [0.25, 0.3) is 0 Å². The van der Waals surface area contributed by atoms with Crippen molar-refractivity contribution in [3.63, 3.8) is 0 Å². The Balaban J connectivity index is 2.03. The van der Waals surface area contributed by atoms with Gasteiger partial charge in [-0.3, -0.25) is 4.98 Å². The zero-order valence-corrected chi connectivity index (χ0v) is 11.0. The number of rotatable bonds is 1. The van der Waals surface area contributed by atoms with Crippen molar-refractivity contribution in [1.82, 2.24) is 20.0 Å². The van der Waals surface area contributed by atoms with Gasteiger partial charge < -0.3 is 0 Å². The standard InChI is InChI=1S/C16H12N4/c1-11-8-14(6-7-17-11)20-16-10-13-5-3-2-4-12(13)9-15(16)18-19-20/h2-10H,1H3. The highest BCUT2D eigenvalue weighted by Crippen LogP contribution is 2.23. The van der Waals surface area contributed by atoms with Gasteiger partial charge in [0.1, 0.15) is 5.52 Å². The second-order valence-corrected chi connectivity index (χ2v) is 4.84. The number of benzene rings is 2. The molecule has 0 N–H and O–H groups in total. The van der Waals surface area contributed by atoms with Crippen molar-refractivity contribution >= 4 is 21.8 Å². The molecule has 2 heterocycles. The fourth-order valence-electron chi connectivity index (χ4n) is 2.46. The van der Waals surface area contributed by atoms with E-state index in [4.69, 9.17) is 0 Å². The van der Waals surface area contributed by atoms with Crippen LogP contribution in [0.2, 0.25) is 0 Å². The van der Waals surface area contributed by atoms with Crippen LogP contribution in [0, 0.1) is 6.92 Å². The molecule has 0 aliphatic heterocycles. The number of pyridine rings is 1. The smallest absolute Gasteiger partial charge is 0.114 e. The number of hydrogen-bond donors (Lipinski definition) is 0. The number of hydrogen-bond acceptors (Lipinski definition) is 3. The Bertz CT molecular complexity index is 924. The summed E-state index contributed by atoms with van der Waals surface area (Å²) in [6.45, 7) is 1.97. The zero-order valence-electron chi connectivity index (χ0n) is 11.0. The van der Waals surface area contributed by atoms with Crippen LogP contribution in [0.5, 0.6) is 0 Å². The molecule has 0 bridgehead atoms. The lowest BCUT2D eigenvalue weighted by atomic mass is 10.1. The van der Waals surface area contributed by atoms with Gasteiger partial charge in [-0.25, -0.2) is 4.68 Å². The Morgan fingerprint density at radius 1 is 0.950 bits per heavy atom. The molecule has 0 saturated carbocycles. The third-order valence-corrected chi connectivity index (χ3v) is 3.44. The van der Waals surface area contributed by atoms with E-state index in [1.807, 2.05) is 35.9 Å². The van der Waals surface area contributed by atoms with Crippen molar-refractivity contribution in [2.45, 2.75) is 6.92 Å². The van der Waals surface area contributed by atoms with Crippen molar-refractivity contribution in [3.8, 4) is 5.69 Å². The summed E-state index contributed by atoms with van der Waals surface area (Å²) in [7, 11) is 0. The molecule has 2 aromatic carbocycles. The Hall–Kier alpha value is -2.75. The Labute approximate surface area is 115 Å². The maximum Gasteiger partial charge on any atom is 0.114 e. The van der Waals surface area contributed by atoms with Crippen LogP contribution in [0.1, 0.15) is 5.69 Å². The van der Waals surface area contributed by atoms with Gasteiger partial charge in [-0.1, -0.05) is 29.5 Å². The van der Waals surface area contributed by atoms with Crippen LogP contribution in [0.4, 0.5) is 0 Å². The van der Waals surface area contributed by atoms with Gasteiger partial charge in [0.05, 0.1) is 11.2 Å². The van der Waals surface area contributed by atoms with Crippen molar-refractivity contribution in [2.75, 3.05) is 0 Å². The monoisotopic (exact) mass is 260 g/mol. The van der Waals surface area contributed by atoms with E-state index in [9.17, 15) is 0 Å². The molecule has 0 fully saturated rings. The first-order chi connectivity index (χ1) is 9.81. The van der Waals surface area contributed by atoms with Crippen LogP contribution < -0.4 is 0 Å². The van der Waals surface area contributed by atoms with E-state index < -0.39 is 0 Å². The molecular weight excluding hydrogens is 248 g/mol. The average molecular weight is 260 g/mol. The van der Waals surface area contributed by atoms with Crippen molar-refractivity contribution in [2.24, 2.45) is 0 Å². The van der Waals surface area contributed by atoms with E-state index in [-0.39, 0.29) is 0 Å². The summed E-state index contributed by atoms with van der Waals surface area (Å²) in [6.07, 6.45) is 1.79. The maximum absolute atomic E-state index is 4.27. The van der Waals surface area contributed by atoms with Gasteiger partial charge in [0.15, 0.2) is 0 Å².